The van der Waals surface area contributed by atoms with Crippen LogP contribution in [0.5, 0.6) is 0 Å². The number of benzene rings is 1. The molecule has 0 bridgehead atoms. The lowest BCUT2D eigenvalue weighted by molar-refractivity contribution is -0.00996. The zero-order chi connectivity index (χ0) is 14.0. The highest BCUT2D eigenvalue weighted by Crippen LogP contribution is 2.21. The largest absolute Gasteiger partial charge is 0.743 e. The monoisotopic (exact) mass is 280 g/mol. The summed E-state index contributed by atoms with van der Waals surface area (Å²) in [5, 5.41) is -4.66. The molecule has 0 aliphatic carbocycles. The number of carbonyl (C=O) groups is 1. The summed E-state index contributed by atoms with van der Waals surface area (Å²) in [7, 11) is -5.87. The molecule has 9 heteroatoms. The second-order valence-corrected chi connectivity index (χ2v) is 4.80. The molecular formula is C9H8F2NO5S-. The second kappa shape index (κ2) is 4.86. The number of alkyl halides is 2. The van der Waals surface area contributed by atoms with Crippen LogP contribution in [0.1, 0.15) is 10.4 Å². The van der Waals surface area contributed by atoms with Crippen molar-refractivity contribution in [3.8, 4) is 0 Å². The SMILES string of the molecule is Nc1ccc(C(=O)OCC(F)(F)S(=O)(=O)[O-])cc1. The summed E-state index contributed by atoms with van der Waals surface area (Å²) < 4.78 is 59.8. The Morgan fingerprint density at radius 1 is 1.33 bits per heavy atom. The summed E-state index contributed by atoms with van der Waals surface area (Å²) in [5.74, 6) is -1.18. The van der Waals surface area contributed by atoms with Gasteiger partial charge in [0.15, 0.2) is 16.7 Å². The first-order valence-electron chi connectivity index (χ1n) is 4.49. The molecule has 1 aromatic rings. The van der Waals surface area contributed by atoms with Gasteiger partial charge in [-0.2, -0.15) is 8.78 Å². The van der Waals surface area contributed by atoms with Crippen molar-refractivity contribution in [2.24, 2.45) is 0 Å². The van der Waals surface area contributed by atoms with Gasteiger partial charge >= 0.3 is 11.2 Å². The van der Waals surface area contributed by atoms with Gasteiger partial charge in [0.05, 0.1) is 5.56 Å². The van der Waals surface area contributed by atoms with E-state index in [2.05, 4.69) is 4.74 Å². The molecule has 0 fully saturated rings. The van der Waals surface area contributed by atoms with Crippen LogP contribution in [0.25, 0.3) is 0 Å². The molecule has 0 saturated heterocycles. The van der Waals surface area contributed by atoms with Crippen molar-refractivity contribution in [1.82, 2.24) is 0 Å². The van der Waals surface area contributed by atoms with E-state index in [1.54, 1.807) is 0 Å². The highest BCUT2D eigenvalue weighted by atomic mass is 32.2. The van der Waals surface area contributed by atoms with Crippen molar-refractivity contribution in [3.63, 3.8) is 0 Å². The van der Waals surface area contributed by atoms with E-state index in [4.69, 9.17) is 5.73 Å². The number of esters is 1. The molecule has 1 aromatic carbocycles. The number of nitrogens with two attached hydrogens (primary N) is 1. The van der Waals surface area contributed by atoms with Gasteiger partial charge in [0.25, 0.3) is 0 Å². The molecule has 2 N–H and O–H groups in total. The third kappa shape index (κ3) is 3.37. The quantitative estimate of drug-likeness (QED) is 0.490. The second-order valence-electron chi connectivity index (χ2n) is 3.29. The Hall–Kier alpha value is -1.74. The molecular weight excluding hydrogens is 272 g/mol. The van der Waals surface area contributed by atoms with Crippen LogP contribution in [0.2, 0.25) is 0 Å². The van der Waals surface area contributed by atoms with E-state index in [0.717, 1.165) is 0 Å². The molecule has 0 unspecified atom stereocenters. The lowest BCUT2D eigenvalue weighted by Crippen LogP contribution is -2.34. The van der Waals surface area contributed by atoms with Crippen LogP contribution < -0.4 is 5.73 Å². The van der Waals surface area contributed by atoms with Gasteiger partial charge in [0, 0.05) is 5.69 Å². The van der Waals surface area contributed by atoms with Gasteiger partial charge < -0.3 is 15.0 Å². The third-order valence-corrected chi connectivity index (χ3v) is 2.73. The molecule has 0 atom stereocenters. The van der Waals surface area contributed by atoms with Crippen LogP contribution in [0.3, 0.4) is 0 Å². The average Bonchev–Trinajstić information content (AvgIpc) is 2.25. The topological polar surface area (TPSA) is 110 Å². The fourth-order valence-corrected chi connectivity index (χ4v) is 1.13. The van der Waals surface area contributed by atoms with E-state index in [-0.39, 0.29) is 5.56 Å². The van der Waals surface area contributed by atoms with Crippen molar-refractivity contribution < 1.29 is 31.3 Å². The number of rotatable bonds is 4. The molecule has 0 aliphatic rings. The summed E-state index contributed by atoms with van der Waals surface area (Å²) >= 11 is 0. The molecule has 0 heterocycles. The van der Waals surface area contributed by atoms with Crippen LogP contribution in [0.15, 0.2) is 24.3 Å². The molecule has 1 rings (SSSR count). The summed E-state index contributed by atoms with van der Waals surface area (Å²) in [6.45, 7) is -1.83. The van der Waals surface area contributed by atoms with Crippen molar-refractivity contribution in [3.05, 3.63) is 29.8 Å². The highest BCUT2D eigenvalue weighted by Gasteiger charge is 2.39. The molecule has 0 aromatic heterocycles. The Kier molecular flexibility index (Phi) is 3.87. The normalized spacial score (nSPS) is 12.2. The van der Waals surface area contributed by atoms with Crippen molar-refractivity contribution in [2.45, 2.75) is 5.25 Å². The lowest BCUT2D eigenvalue weighted by Gasteiger charge is -2.19. The highest BCUT2D eigenvalue weighted by molar-refractivity contribution is 7.86. The zero-order valence-corrected chi connectivity index (χ0v) is 9.62. The van der Waals surface area contributed by atoms with Crippen molar-refractivity contribution in [1.29, 1.82) is 0 Å². The first-order valence-corrected chi connectivity index (χ1v) is 5.90. The summed E-state index contributed by atoms with van der Waals surface area (Å²) in [4.78, 5) is 11.2. The predicted molar refractivity (Wildman–Crippen MR) is 55.8 cm³/mol. The Bertz CT molecular complexity index is 541. The van der Waals surface area contributed by atoms with E-state index in [0.29, 0.717) is 5.69 Å². The van der Waals surface area contributed by atoms with Crippen molar-refractivity contribution in [2.75, 3.05) is 12.3 Å². The zero-order valence-electron chi connectivity index (χ0n) is 8.80. The molecule has 0 amide bonds. The number of hydrogen-bond acceptors (Lipinski definition) is 6. The fourth-order valence-electron chi connectivity index (χ4n) is 0.924. The maximum atomic E-state index is 12.7. The number of hydrogen-bond donors (Lipinski definition) is 1. The molecule has 0 aliphatic heterocycles. The Balaban J connectivity index is 2.70. The lowest BCUT2D eigenvalue weighted by atomic mass is 10.2. The van der Waals surface area contributed by atoms with Crippen LogP contribution in [-0.4, -0.2) is 30.8 Å². The summed E-state index contributed by atoms with van der Waals surface area (Å²) in [6.07, 6.45) is 0. The minimum atomic E-state index is -5.87. The standard InChI is InChI=1S/C9H9F2NO5S/c10-9(11,18(14,15)16)5-17-8(13)6-1-3-7(12)4-2-6/h1-4H,5,12H2,(H,14,15,16)/p-1. The fraction of sp³-hybridized carbons (Fsp3) is 0.222. The molecule has 18 heavy (non-hydrogen) atoms. The Morgan fingerprint density at radius 3 is 2.28 bits per heavy atom. The maximum Gasteiger partial charge on any atom is 0.367 e. The Morgan fingerprint density at radius 2 is 1.83 bits per heavy atom. The van der Waals surface area contributed by atoms with Gasteiger partial charge in [0.2, 0.25) is 0 Å². The van der Waals surface area contributed by atoms with E-state index in [1.165, 1.54) is 24.3 Å². The van der Waals surface area contributed by atoms with Crippen molar-refractivity contribution >= 4 is 21.8 Å². The summed E-state index contributed by atoms with van der Waals surface area (Å²) in [5.41, 5.74) is 5.59. The minimum Gasteiger partial charge on any atom is -0.743 e. The molecule has 100 valence electrons. The first kappa shape index (κ1) is 14.3. The molecule has 0 radical (unpaired) electrons. The molecule has 0 saturated carbocycles. The first-order chi connectivity index (χ1) is 8.13. The summed E-state index contributed by atoms with van der Waals surface area (Å²) in [6, 6.07) is 5.08. The number of carbonyl (C=O) groups excluding carboxylic acids is 1. The van der Waals surface area contributed by atoms with Crippen LogP contribution in [0.4, 0.5) is 14.5 Å². The number of anilines is 1. The van der Waals surface area contributed by atoms with Gasteiger partial charge in [-0.3, -0.25) is 0 Å². The van der Waals surface area contributed by atoms with E-state index in [9.17, 15) is 26.5 Å². The minimum absolute atomic E-state index is 0.0942. The third-order valence-electron chi connectivity index (χ3n) is 1.88. The van der Waals surface area contributed by atoms with Gasteiger partial charge in [0.1, 0.15) is 0 Å². The molecule has 0 spiro atoms. The van der Waals surface area contributed by atoms with Crippen LogP contribution in [-0.2, 0) is 14.9 Å². The van der Waals surface area contributed by atoms with E-state index >= 15 is 0 Å². The van der Waals surface area contributed by atoms with Gasteiger partial charge in [-0.1, -0.05) is 0 Å². The van der Waals surface area contributed by atoms with E-state index in [1.807, 2.05) is 0 Å². The number of nitrogen functional groups attached to an aromatic ring is 1. The van der Waals surface area contributed by atoms with Crippen LogP contribution in [0, 0.1) is 0 Å². The smallest absolute Gasteiger partial charge is 0.367 e. The van der Waals surface area contributed by atoms with Crippen LogP contribution >= 0.6 is 0 Å². The predicted octanol–water partition coefficient (Wildman–Crippen LogP) is 0.564. The molecule has 6 nitrogen and oxygen atoms in total. The average molecular weight is 280 g/mol. The van der Waals surface area contributed by atoms with Gasteiger partial charge in [-0.05, 0) is 24.3 Å². The van der Waals surface area contributed by atoms with Gasteiger partial charge in [-0.25, -0.2) is 13.2 Å². The number of ether oxygens (including phenoxy) is 1. The Labute approximate surface area is 101 Å². The van der Waals surface area contributed by atoms with E-state index < -0.39 is 27.9 Å². The number of halogens is 2. The maximum absolute atomic E-state index is 12.7. The van der Waals surface area contributed by atoms with Gasteiger partial charge in [-0.15, -0.1) is 0 Å².